The summed E-state index contributed by atoms with van der Waals surface area (Å²) < 4.78 is 11.6. The molecule has 0 aliphatic carbocycles. The Labute approximate surface area is 398 Å². The van der Waals surface area contributed by atoms with Gasteiger partial charge in [-0.15, -0.1) is 11.3 Å². The van der Waals surface area contributed by atoms with Crippen molar-refractivity contribution in [2.75, 3.05) is 0 Å². The van der Waals surface area contributed by atoms with Crippen LogP contribution in [0, 0.1) is 0 Å². The average molecular weight is 897 g/mol. The summed E-state index contributed by atoms with van der Waals surface area (Å²) in [6, 6.07) is 78.1. The number of aromatic nitrogens is 4. The van der Waals surface area contributed by atoms with Crippen molar-refractivity contribution >= 4 is 108 Å². The molecular weight excluding hydrogens is 861 g/mol. The lowest BCUT2D eigenvalue weighted by Crippen LogP contribution is -2.00. The van der Waals surface area contributed by atoms with Gasteiger partial charge >= 0.3 is 0 Å². The van der Waals surface area contributed by atoms with E-state index in [9.17, 15) is 0 Å². The van der Waals surface area contributed by atoms with Gasteiger partial charge in [-0.05, 0) is 128 Å². The lowest BCUT2D eigenvalue weighted by molar-refractivity contribution is 0.669. The normalized spacial score (nSPS) is 12.1. The van der Waals surface area contributed by atoms with Crippen molar-refractivity contribution in [3.63, 3.8) is 0 Å². The zero-order valence-corrected chi connectivity index (χ0v) is 37.7. The summed E-state index contributed by atoms with van der Waals surface area (Å²) in [5, 5.41) is 14.2. The quantitative estimate of drug-likeness (QED) is 0.173. The zero-order valence-electron chi connectivity index (χ0n) is 36.9. The first kappa shape index (κ1) is 38.2. The molecule has 15 rings (SSSR count). The topological polar surface area (TPSA) is 56.7 Å². The summed E-state index contributed by atoms with van der Waals surface area (Å²) >= 11 is 1.81. The van der Waals surface area contributed by atoms with Crippen molar-refractivity contribution in [2.24, 2.45) is 0 Å². The molecule has 15 aromatic rings. The highest BCUT2D eigenvalue weighted by molar-refractivity contribution is 7.25. The molecule has 0 N–H and O–H groups in total. The highest BCUT2D eigenvalue weighted by Gasteiger charge is 2.20. The van der Waals surface area contributed by atoms with Crippen molar-refractivity contribution in [3.8, 4) is 51.0 Å². The van der Waals surface area contributed by atoms with Gasteiger partial charge in [0.05, 0.1) is 11.0 Å². The lowest BCUT2D eigenvalue weighted by atomic mass is 10.0. The van der Waals surface area contributed by atoms with E-state index < -0.39 is 0 Å². The third-order valence-corrected chi connectivity index (χ3v) is 15.1. The molecule has 0 aliphatic rings. The van der Waals surface area contributed by atoms with E-state index in [1.807, 2.05) is 6.07 Å². The van der Waals surface area contributed by atoms with E-state index in [0.717, 1.165) is 66.2 Å². The number of rotatable bonds is 5. The molecule has 0 saturated heterocycles. The first-order valence-electron chi connectivity index (χ1n) is 23.2. The van der Waals surface area contributed by atoms with Crippen LogP contribution in [0.3, 0.4) is 0 Å². The molecule has 0 aliphatic heterocycles. The molecule has 0 radical (unpaired) electrons. The van der Waals surface area contributed by atoms with E-state index in [1.165, 1.54) is 63.5 Å². The summed E-state index contributed by atoms with van der Waals surface area (Å²) in [5.74, 6) is 1.83. The summed E-state index contributed by atoms with van der Waals surface area (Å²) in [6.07, 6.45) is 0. The molecule has 0 saturated carbocycles. The Morgan fingerprint density at radius 1 is 0.319 bits per heavy atom. The maximum atomic E-state index is 6.67. The summed E-state index contributed by atoms with van der Waals surface area (Å²) in [7, 11) is 0. The molecular formula is C63H36N4OS. The molecule has 0 amide bonds. The number of benzene rings is 11. The Morgan fingerprint density at radius 3 is 1.77 bits per heavy atom. The number of thiophene rings is 1. The third-order valence-electron chi connectivity index (χ3n) is 14.0. The molecule has 6 heteroatoms. The number of hydrogen-bond acceptors (Lipinski definition) is 5. The Kier molecular flexibility index (Phi) is 8.17. The fraction of sp³-hybridized carbons (Fsp3) is 0. The van der Waals surface area contributed by atoms with Crippen molar-refractivity contribution in [2.45, 2.75) is 0 Å². The number of hydrogen-bond donors (Lipinski definition) is 0. The summed E-state index contributed by atoms with van der Waals surface area (Å²) in [4.78, 5) is 15.8. The molecule has 0 atom stereocenters. The molecule has 0 spiro atoms. The molecule has 4 aromatic heterocycles. The van der Waals surface area contributed by atoms with Gasteiger partial charge in [0, 0.05) is 64.1 Å². The first-order valence-corrected chi connectivity index (χ1v) is 24.0. The van der Waals surface area contributed by atoms with E-state index in [2.05, 4.69) is 217 Å². The molecule has 5 nitrogen and oxygen atoms in total. The van der Waals surface area contributed by atoms with E-state index >= 15 is 0 Å². The zero-order chi connectivity index (χ0) is 45.2. The van der Waals surface area contributed by atoms with Gasteiger partial charge in [0.2, 0.25) is 0 Å². The number of nitrogens with zero attached hydrogens (tertiary/aromatic N) is 4. The maximum absolute atomic E-state index is 6.67. The van der Waals surface area contributed by atoms with Gasteiger partial charge in [0.15, 0.2) is 17.5 Å². The Balaban J connectivity index is 0.938. The van der Waals surface area contributed by atoms with E-state index in [1.54, 1.807) is 11.3 Å². The predicted molar refractivity (Wildman–Crippen MR) is 289 cm³/mol. The van der Waals surface area contributed by atoms with E-state index in [0.29, 0.717) is 17.5 Å². The van der Waals surface area contributed by atoms with Crippen LogP contribution in [-0.4, -0.2) is 19.5 Å². The second-order valence-electron chi connectivity index (χ2n) is 18.0. The van der Waals surface area contributed by atoms with Crippen LogP contribution in [0.15, 0.2) is 223 Å². The van der Waals surface area contributed by atoms with Gasteiger partial charge in [-0.2, -0.15) is 0 Å². The van der Waals surface area contributed by atoms with Crippen molar-refractivity contribution in [1.29, 1.82) is 0 Å². The van der Waals surface area contributed by atoms with E-state index in [4.69, 9.17) is 19.4 Å². The Bertz CT molecular complexity index is 4620. The first-order chi connectivity index (χ1) is 34.1. The molecule has 0 fully saturated rings. The fourth-order valence-corrected chi connectivity index (χ4v) is 11.8. The summed E-state index contributed by atoms with van der Waals surface area (Å²) in [6.45, 7) is 0. The Morgan fingerprint density at radius 2 is 0.928 bits per heavy atom. The Hall–Kier alpha value is -8.97. The van der Waals surface area contributed by atoms with Gasteiger partial charge in [-0.25, -0.2) is 15.0 Å². The second-order valence-corrected chi connectivity index (χ2v) is 19.0. The SMILES string of the molecule is c1ccc(-c2cccc(-c3nc(-c4ccc5sc6ccccc6c5c4)nc(-c4ccc5oc6ccc7ccc(-n8c9cc%10ccccc%10cc9c9c%10ccccc%10ccc98)cc7c6c5c4)n3)c2)cc1. The molecule has 0 unspecified atom stereocenters. The van der Waals surface area contributed by atoms with Gasteiger partial charge < -0.3 is 8.98 Å². The van der Waals surface area contributed by atoms with Crippen molar-refractivity contribution in [3.05, 3.63) is 218 Å². The summed E-state index contributed by atoms with van der Waals surface area (Å²) in [5.41, 5.74) is 10.0. The van der Waals surface area contributed by atoms with Crippen LogP contribution in [0.25, 0.3) is 147 Å². The van der Waals surface area contributed by atoms with Crippen LogP contribution < -0.4 is 0 Å². The minimum atomic E-state index is 0.595. The monoisotopic (exact) mass is 896 g/mol. The molecule has 320 valence electrons. The van der Waals surface area contributed by atoms with Crippen molar-refractivity contribution < 1.29 is 4.42 Å². The molecule has 0 bridgehead atoms. The van der Waals surface area contributed by atoms with Gasteiger partial charge in [-0.1, -0.05) is 133 Å². The van der Waals surface area contributed by atoms with Crippen LogP contribution in [0.5, 0.6) is 0 Å². The lowest BCUT2D eigenvalue weighted by Gasteiger charge is -2.11. The second kappa shape index (κ2) is 14.8. The van der Waals surface area contributed by atoms with Crippen LogP contribution >= 0.6 is 11.3 Å². The predicted octanol–water partition coefficient (Wildman–Crippen LogP) is 17.4. The van der Waals surface area contributed by atoms with Crippen LogP contribution in [0.4, 0.5) is 0 Å². The largest absolute Gasteiger partial charge is 0.456 e. The number of furan rings is 1. The van der Waals surface area contributed by atoms with Gasteiger partial charge in [-0.3, -0.25) is 0 Å². The minimum absolute atomic E-state index is 0.595. The van der Waals surface area contributed by atoms with E-state index in [-0.39, 0.29) is 0 Å². The van der Waals surface area contributed by atoms with Gasteiger partial charge in [0.25, 0.3) is 0 Å². The fourth-order valence-electron chi connectivity index (χ4n) is 10.7. The smallest absolute Gasteiger partial charge is 0.164 e. The molecule has 11 aromatic carbocycles. The average Bonchev–Trinajstić information content (AvgIpc) is 4.09. The minimum Gasteiger partial charge on any atom is -0.456 e. The maximum Gasteiger partial charge on any atom is 0.164 e. The van der Waals surface area contributed by atoms with Crippen LogP contribution in [0.1, 0.15) is 0 Å². The highest BCUT2D eigenvalue weighted by atomic mass is 32.1. The number of fused-ring (bicyclic) bond motifs is 14. The van der Waals surface area contributed by atoms with Gasteiger partial charge in [0.1, 0.15) is 11.2 Å². The highest BCUT2D eigenvalue weighted by Crippen LogP contribution is 2.43. The van der Waals surface area contributed by atoms with Crippen molar-refractivity contribution in [1.82, 2.24) is 19.5 Å². The molecule has 4 heterocycles. The van der Waals surface area contributed by atoms with Crippen LogP contribution in [0.2, 0.25) is 0 Å². The third kappa shape index (κ3) is 5.99. The molecule has 69 heavy (non-hydrogen) atoms. The van der Waals surface area contributed by atoms with Crippen LogP contribution in [-0.2, 0) is 0 Å². The standard InChI is InChI=1S/C63H36N4OS/c1-2-11-37(12-3-1)40-16-10-17-43(31-40)61-64-62(66-63(65-61)45-25-30-58-50(33-45)48-19-8-9-20-57(48)69-58)44-24-28-55-52(34-44)60-49-36-46(26-21-39(49)23-29-56(60)68-55)67-53-27-22-38-13-6-7-18-47(38)59(53)51-32-41-14-4-5-15-42(41)35-54(51)67/h1-36H.